The largest absolute Gasteiger partial charge is 0.374 e. The first kappa shape index (κ1) is 21.3. The van der Waals surface area contributed by atoms with E-state index in [-0.39, 0.29) is 0 Å². The Bertz CT molecular complexity index is 1290. The Morgan fingerprint density at radius 1 is 1.18 bits per heavy atom. The van der Waals surface area contributed by atoms with Gasteiger partial charge in [-0.1, -0.05) is 41.2 Å². The van der Waals surface area contributed by atoms with Crippen LogP contribution in [-0.4, -0.2) is 69.6 Å². The van der Waals surface area contributed by atoms with E-state index in [9.17, 15) is 5.11 Å². The summed E-state index contributed by atoms with van der Waals surface area (Å²) in [5.74, 6) is 0. The SMILES string of the molecule is Cc1cccc(-c2cn3c(n2)sc2cc(C(O)NCCCN4CC5CC4CN5C)ccc23)c1. The first-order chi connectivity index (χ1) is 16.0. The minimum Gasteiger partial charge on any atom is -0.374 e. The van der Waals surface area contributed by atoms with E-state index < -0.39 is 6.23 Å². The molecule has 0 saturated carbocycles. The number of nitrogens with one attached hydrogen (secondary N) is 1. The number of aromatic nitrogens is 2. The second-order valence-electron chi connectivity index (χ2n) is 9.67. The zero-order valence-corrected chi connectivity index (χ0v) is 20.1. The van der Waals surface area contributed by atoms with Gasteiger partial charge in [-0.2, -0.15) is 0 Å². The van der Waals surface area contributed by atoms with Crippen molar-refractivity contribution in [3.63, 3.8) is 0 Å². The minimum absolute atomic E-state index is 0.646. The maximum atomic E-state index is 10.7. The second kappa shape index (κ2) is 8.49. The summed E-state index contributed by atoms with van der Waals surface area (Å²) in [5, 5.41) is 14.0. The van der Waals surface area contributed by atoms with E-state index in [4.69, 9.17) is 4.98 Å². The van der Waals surface area contributed by atoms with E-state index in [0.29, 0.717) is 0 Å². The van der Waals surface area contributed by atoms with Crippen LogP contribution in [0.5, 0.6) is 0 Å². The van der Waals surface area contributed by atoms with Crippen molar-refractivity contribution >= 4 is 26.5 Å². The number of likely N-dealkylation sites (N-methyl/N-ethyl adjacent to an activating group) is 1. The third-order valence-electron chi connectivity index (χ3n) is 7.34. The van der Waals surface area contributed by atoms with Crippen molar-refractivity contribution in [2.24, 2.45) is 0 Å². The molecule has 6 rings (SSSR count). The molecule has 2 aromatic carbocycles. The number of aryl methyl sites for hydroxylation is 1. The molecule has 2 aliphatic rings. The Hall–Kier alpha value is -2.29. The quantitative estimate of drug-likeness (QED) is 0.323. The number of rotatable bonds is 7. The molecule has 2 fully saturated rings. The molecule has 2 bridgehead atoms. The summed E-state index contributed by atoms with van der Waals surface area (Å²) in [6.07, 6.45) is 3.84. The van der Waals surface area contributed by atoms with Crippen LogP contribution in [0.15, 0.2) is 48.7 Å². The summed E-state index contributed by atoms with van der Waals surface area (Å²) in [4.78, 5) is 10.9. The first-order valence-corrected chi connectivity index (χ1v) is 12.7. The number of piperazine rings is 1. The van der Waals surface area contributed by atoms with Crippen LogP contribution in [-0.2, 0) is 0 Å². The minimum atomic E-state index is -0.646. The summed E-state index contributed by atoms with van der Waals surface area (Å²) in [6.45, 7) is 6.44. The Morgan fingerprint density at radius 2 is 2.09 bits per heavy atom. The fourth-order valence-electron chi connectivity index (χ4n) is 5.49. The van der Waals surface area contributed by atoms with E-state index in [2.05, 4.69) is 76.1 Å². The first-order valence-electron chi connectivity index (χ1n) is 11.9. The number of benzene rings is 2. The molecule has 0 radical (unpaired) electrons. The number of likely N-dealkylation sites (tertiary alicyclic amines) is 2. The lowest BCUT2D eigenvalue weighted by Gasteiger charge is -2.31. The normalized spacial score (nSPS) is 22.2. The molecule has 33 heavy (non-hydrogen) atoms. The molecule has 2 aliphatic heterocycles. The molecule has 0 amide bonds. The van der Waals surface area contributed by atoms with Gasteiger partial charge < -0.3 is 10.0 Å². The average molecular weight is 462 g/mol. The fraction of sp³-hybridized carbons (Fsp3) is 0.423. The van der Waals surface area contributed by atoms with Crippen molar-refractivity contribution in [3.8, 4) is 11.3 Å². The number of imidazole rings is 1. The van der Waals surface area contributed by atoms with Crippen LogP contribution < -0.4 is 5.32 Å². The smallest absolute Gasteiger partial charge is 0.195 e. The van der Waals surface area contributed by atoms with Crippen molar-refractivity contribution < 1.29 is 5.11 Å². The molecule has 0 spiro atoms. The summed E-state index contributed by atoms with van der Waals surface area (Å²) in [7, 11) is 2.24. The zero-order chi connectivity index (χ0) is 22.5. The van der Waals surface area contributed by atoms with Gasteiger partial charge in [0.25, 0.3) is 0 Å². The van der Waals surface area contributed by atoms with E-state index in [0.717, 1.165) is 63.6 Å². The Labute approximate surface area is 198 Å². The maximum absolute atomic E-state index is 10.7. The highest BCUT2D eigenvalue weighted by Crippen LogP contribution is 2.32. The average Bonchev–Trinajstić information content (AvgIpc) is 3.55. The van der Waals surface area contributed by atoms with Crippen LogP contribution in [0.1, 0.15) is 30.2 Å². The Morgan fingerprint density at radius 3 is 2.88 bits per heavy atom. The van der Waals surface area contributed by atoms with Gasteiger partial charge in [0.05, 0.1) is 15.9 Å². The number of hydrogen-bond acceptors (Lipinski definition) is 6. The highest BCUT2D eigenvalue weighted by molar-refractivity contribution is 7.23. The van der Waals surface area contributed by atoms with E-state index in [1.54, 1.807) is 11.3 Å². The van der Waals surface area contributed by atoms with Crippen molar-refractivity contribution in [2.75, 3.05) is 33.2 Å². The molecule has 172 valence electrons. The van der Waals surface area contributed by atoms with Crippen molar-refractivity contribution in [3.05, 3.63) is 59.8 Å². The molecule has 2 saturated heterocycles. The van der Waals surface area contributed by atoms with Gasteiger partial charge in [-0.05, 0) is 63.7 Å². The van der Waals surface area contributed by atoms with Gasteiger partial charge in [-0.3, -0.25) is 14.6 Å². The third kappa shape index (κ3) is 3.98. The van der Waals surface area contributed by atoms with Gasteiger partial charge in [0, 0.05) is 36.9 Å². The molecule has 6 nitrogen and oxygen atoms in total. The summed E-state index contributed by atoms with van der Waals surface area (Å²) in [6, 6.07) is 16.1. The van der Waals surface area contributed by atoms with Crippen molar-refractivity contribution in [1.82, 2.24) is 24.5 Å². The Kier molecular flexibility index (Phi) is 5.47. The van der Waals surface area contributed by atoms with Gasteiger partial charge in [0.2, 0.25) is 0 Å². The van der Waals surface area contributed by atoms with Gasteiger partial charge in [-0.15, -0.1) is 0 Å². The molecule has 2 aromatic heterocycles. The highest BCUT2D eigenvalue weighted by Gasteiger charge is 2.40. The number of hydrogen-bond donors (Lipinski definition) is 2. The topological polar surface area (TPSA) is 56.0 Å². The lowest BCUT2D eigenvalue weighted by molar-refractivity contribution is 0.128. The fourth-order valence-corrected chi connectivity index (χ4v) is 6.55. The number of fused-ring (bicyclic) bond motifs is 5. The lowest BCUT2D eigenvalue weighted by atomic mass is 10.1. The summed E-state index contributed by atoms with van der Waals surface area (Å²) < 4.78 is 3.30. The predicted molar refractivity (Wildman–Crippen MR) is 135 cm³/mol. The van der Waals surface area contributed by atoms with E-state index >= 15 is 0 Å². The van der Waals surface area contributed by atoms with Crippen LogP contribution in [0.25, 0.3) is 26.4 Å². The Balaban J connectivity index is 1.10. The molecule has 0 aliphatic carbocycles. The second-order valence-corrected chi connectivity index (χ2v) is 10.7. The highest BCUT2D eigenvalue weighted by atomic mass is 32.1. The molecule has 3 unspecified atom stereocenters. The van der Waals surface area contributed by atoms with Gasteiger partial charge in [0.15, 0.2) is 4.96 Å². The van der Waals surface area contributed by atoms with Crippen LogP contribution in [0.4, 0.5) is 0 Å². The number of thiazole rings is 1. The summed E-state index contributed by atoms with van der Waals surface area (Å²) >= 11 is 1.67. The van der Waals surface area contributed by atoms with Gasteiger partial charge in [0.1, 0.15) is 6.23 Å². The molecule has 3 atom stereocenters. The zero-order valence-electron chi connectivity index (χ0n) is 19.2. The van der Waals surface area contributed by atoms with Crippen LogP contribution in [0.3, 0.4) is 0 Å². The molecule has 4 aromatic rings. The maximum Gasteiger partial charge on any atom is 0.195 e. The van der Waals surface area contributed by atoms with Crippen LogP contribution in [0.2, 0.25) is 0 Å². The van der Waals surface area contributed by atoms with Gasteiger partial charge in [-0.25, -0.2) is 4.98 Å². The van der Waals surface area contributed by atoms with E-state index in [1.807, 2.05) is 6.07 Å². The van der Waals surface area contributed by atoms with Crippen LogP contribution >= 0.6 is 11.3 Å². The standard InChI is InChI=1S/C26H31N5OS/c1-17-5-3-6-18(11-17)22-16-31-23-8-7-19(12-24(23)33-26(31)28-22)25(32)27-9-4-10-30-15-20-13-21(30)14-29(20)2/h3,5-8,11-12,16,20-21,25,27,32H,4,9-10,13-15H2,1-2H3. The molecular weight excluding hydrogens is 430 g/mol. The molecule has 4 heterocycles. The predicted octanol–water partition coefficient (Wildman–Crippen LogP) is 3.88. The van der Waals surface area contributed by atoms with Crippen molar-refractivity contribution in [1.29, 1.82) is 0 Å². The lowest BCUT2D eigenvalue weighted by Crippen LogP contribution is -2.45. The molecular formula is C26H31N5OS. The number of nitrogens with zero attached hydrogens (tertiary/aromatic N) is 4. The molecule has 2 N–H and O–H groups in total. The summed E-state index contributed by atoms with van der Waals surface area (Å²) in [5.41, 5.74) is 5.42. The van der Waals surface area contributed by atoms with Gasteiger partial charge >= 0.3 is 0 Å². The van der Waals surface area contributed by atoms with Crippen LogP contribution in [0, 0.1) is 6.92 Å². The number of aliphatic hydroxyl groups is 1. The number of aliphatic hydroxyl groups excluding tert-OH is 1. The van der Waals surface area contributed by atoms with E-state index in [1.165, 1.54) is 25.1 Å². The third-order valence-corrected chi connectivity index (χ3v) is 8.35. The van der Waals surface area contributed by atoms with Crippen molar-refractivity contribution in [2.45, 2.75) is 38.1 Å². The monoisotopic (exact) mass is 461 g/mol. The molecule has 7 heteroatoms.